The minimum atomic E-state index is -0.752. The normalized spacial score (nSPS) is 12.1. The van der Waals surface area contributed by atoms with Crippen LogP contribution in [0.15, 0.2) is 49.7 Å². The van der Waals surface area contributed by atoms with Crippen LogP contribution < -0.4 is 17.0 Å². The van der Waals surface area contributed by atoms with Crippen LogP contribution in [-0.2, 0) is 14.1 Å². The second-order valence-electron chi connectivity index (χ2n) is 6.09. The van der Waals surface area contributed by atoms with Crippen molar-refractivity contribution in [3.63, 3.8) is 0 Å². The molecule has 0 bridgehead atoms. The molecule has 0 fully saturated rings. The van der Waals surface area contributed by atoms with Gasteiger partial charge in [0, 0.05) is 19.7 Å². The van der Waals surface area contributed by atoms with Crippen molar-refractivity contribution in [3.05, 3.63) is 62.7 Å². The average Bonchev–Trinajstić information content (AvgIpc) is 3.13. The highest BCUT2D eigenvalue weighted by molar-refractivity contribution is 8.00. The summed E-state index contributed by atoms with van der Waals surface area (Å²) in [4.78, 5) is 41.1. The van der Waals surface area contributed by atoms with E-state index in [0.717, 1.165) is 20.9 Å². The maximum absolute atomic E-state index is 13.0. The van der Waals surface area contributed by atoms with Gasteiger partial charge in [-0.15, -0.1) is 0 Å². The summed E-state index contributed by atoms with van der Waals surface area (Å²) >= 11 is 1.01. The molecule has 0 aliphatic rings. The van der Waals surface area contributed by atoms with E-state index in [-0.39, 0.29) is 22.4 Å². The van der Waals surface area contributed by atoms with Gasteiger partial charge in [-0.3, -0.25) is 18.7 Å². The van der Waals surface area contributed by atoms with Gasteiger partial charge in [-0.2, -0.15) is 0 Å². The van der Waals surface area contributed by atoms with Crippen LogP contribution in [0.4, 0.5) is 10.2 Å². The summed E-state index contributed by atoms with van der Waals surface area (Å²) in [7, 11) is 2.66. The van der Waals surface area contributed by atoms with Crippen molar-refractivity contribution < 1.29 is 13.6 Å². The van der Waals surface area contributed by atoms with Gasteiger partial charge in [0.2, 0.25) is 0 Å². The van der Waals surface area contributed by atoms with Crippen molar-refractivity contribution >= 4 is 23.4 Å². The molecule has 2 N–H and O–H groups in total. The molecule has 0 radical (unpaired) electrons. The zero-order chi connectivity index (χ0) is 20.6. The number of Topliss-reactive ketones (excluding diaryl/α,β-unsaturated/α-hetero) is 1. The third-order valence-electron chi connectivity index (χ3n) is 4.22. The molecule has 8 nitrogen and oxygen atoms in total. The number of carbonyl (C=O) groups is 1. The van der Waals surface area contributed by atoms with E-state index in [0.29, 0.717) is 11.3 Å². The molecule has 3 aromatic rings. The van der Waals surface area contributed by atoms with E-state index in [1.54, 1.807) is 19.1 Å². The smallest absolute Gasteiger partial charge is 0.332 e. The number of rotatable bonds is 5. The molecular formula is C18H17FN4O4S. The molecule has 0 aliphatic heterocycles. The molecule has 28 heavy (non-hydrogen) atoms. The Bertz CT molecular complexity index is 1160. The Balaban J connectivity index is 1.86. The van der Waals surface area contributed by atoms with E-state index in [4.69, 9.17) is 10.2 Å². The van der Waals surface area contributed by atoms with E-state index in [1.807, 2.05) is 0 Å². The maximum Gasteiger partial charge on any atom is 0.332 e. The number of hydrogen-bond acceptors (Lipinski definition) is 7. The lowest BCUT2D eigenvalue weighted by atomic mass is 10.1. The highest BCUT2D eigenvalue weighted by Crippen LogP contribution is 2.29. The highest BCUT2D eigenvalue weighted by Gasteiger charge is 2.26. The maximum atomic E-state index is 13.0. The molecule has 1 aromatic carbocycles. The summed E-state index contributed by atoms with van der Waals surface area (Å²) in [6.45, 7) is 1.58. The summed E-state index contributed by atoms with van der Waals surface area (Å²) < 4.78 is 20.5. The lowest BCUT2D eigenvalue weighted by molar-refractivity contribution is 0.0991. The van der Waals surface area contributed by atoms with Crippen molar-refractivity contribution in [3.8, 4) is 11.3 Å². The fourth-order valence-electron chi connectivity index (χ4n) is 2.56. The van der Waals surface area contributed by atoms with E-state index in [9.17, 15) is 18.8 Å². The summed E-state index contributed by atoms with van der Waals surface area (Å²) in [5.74, 6) is -0.682. The number of nitrogens with zero attached hydrogens (tertiary/aromatic N) is 3. The predicted octanol–water partition coefficient (Wildman–Crippen LogP) is 1.82. The number of carbonyl (C=O) groups excluding carboxylic acids is 1. The van der Waals surface area contributed by atoms with Crippen LogP contribution in [0.5, 0.6) is 0 Å². The quantitative estimate of drug-likeness (QED) is 0.510. The van der Waals surface area contributed by atoms with Crippen LogP contribution in [-0.4, -0.2) is 25.2 Å². The second-order valence-corrected chi connectivity index (χ2v) is 7.38. The predicted molar refractivity (Wildman–Crippen MR) is 103 cm³/mol. The fraction of sp³-hybridized carbons (Fsp3) is 0.222. The Labute approximate surface area is 162 Å². The van der Waals surface area contributed by atoms with Crippen LogP contribution in [0.25, 0.3) is 11.3 Å². The summed E-state index contributed by atoms with van der Waals surface area (Å²) in [5, 5.41) is -0.535. The molecule has 2 aromatic heterocycles. The third kappa shape index (κ3) is 3.50. The number of oxazole rings is 1. The van der Waals surface area contributed by atoms with Crippen LogP contribution >= 0.6 is 11.8 Å². The molecular weight excluding hydrogens is 387 g/mol. The van der Waals surface area contributed by atoms with Gasteiger partial charge >= 0.3 is 5.69 Å². The van der Waals surface area contributed by atoms with E-state index >= 15 is 0 Å². The van der Waals surface area contributed by atoms with Crippen molar-refractivity contribution in [2.75, 3.05) is 5.73 Å². The minimum absolute atomic E-state index is 0.190. The van der Waals surface area contributed by atoms with Gasteiger partial charge in [-0.25, -0.2) is 14.2 Å². The van der Waals surface area contributed by atoms with Crippen LogP contribution in [0.1, 0.15) is 17.3 Å². The van der Waals surface area contributed by atoms with Crippen LogP contribution in [0, 0.1) is 5.82 Å². The molecule has 2 heterocycles. The molecule has 10 heteroatoms. The van der Waals surface area contributed by atoms with Crippen LogP contribution in [0.2, 0.25) is 0 Å². The first-order valence-corrected chi connectivity index (χ1v) is 9.06. The zero-order valence-electron chi connectivity index (χ0n) is 15.3. The Hall–Kier alpha value is -3.14. The average molecular weight is 404 g/mol. The number of aromatic nitrogens is 3. The Morgan fingerprint density at radius 1 is 1.21 bits per heavy atom. The first-order chi connectivity index (χ1) is 13.2. The molecule has 0 amide bonds. The van der Waals surface area contributed by atoms with Gasteiger partial charge in [0.15, 0.2) is 11.5 Å². The van der Waals surface area contributed by atoms with Gasteiger partial charge < -0.3 is 10.2 Å². The molecule has 0 saturated carbocycles. The SMILES string of the molecule is C[C@H](Sc1ncc(-c2ccc(F)cc2)o1)C(=O)c1c(N)n(C)c(=O)n(C)c1=O. The Morgan fingerprint density at radius 2 is 1.86 bits per heavy atom. The molecule has 146 valence electrons. The van der Waals surface area contributed by atoms with E-state index in [1.165, 1.54) is 32.4 Å². The fourth-order valence-corrected chi connectivity index (χ4v) is 3.34. The largest absolute Gasteiger partial charge is 0.431 e. The second kappa shape index (κ2) is 7.47. The van der Waals surface area contributed by atoms with E-state index in [2.05, 4.69) is 4.98 Å². The molecule has 0 spiro atoms. The van der Waals surface area contributed by atoms with Crippen molar-refractivity contribution in [2.45, 2.75) is 17.4 Å². The first kappa shape index (κ1) is 19.6. The number of anilines is 1. The summed E-state index contributed by atoms with van der Waals surface area (Å²) in [6.07, 6.45) is 1.46. The number of thioether (sulfide) groups is 1. The van der Waals surface area contributed by atoms with E-state index < -0.39 is 22.3 Å². The van der Waals surface area contributed by atoms with Crippen molar-refractivity contribution in [2.24, 2.45) is 14.1 Å². The third-order valence-corrected chi connectivity index (χ3v) is 5.17. The Kier molecular flexibility index (Phi) is 5.23. The number of halogens is 1. The van der Waals surface area contributed by atoms with Crippen LogP contribution in [0.3, 0.4) is 0 Å². The number of hydrogen-bond donors (Lipinski definition) is 1. The molecule has 0 aliphatic carbocycles. The minimum Gasteiger partial charge on any atom is -0.431 e. The zero-order valence-corrected chi connectivity index (χ0v) is 16.1. The number of benzene rings is 1. The molecule has 0 unspecified atom stereocenters. The Morgan fingerprint density at radius 3 is 2.50 bits per heavy atom. The van der Waals surface area contributed by atoms with Gasteiger partial charge in [0.25, 0.3) is 10.8 Å². The summed E-state index contributed by atoms with van der Waals surface area (Å²) in [6, 6.07) is 5.70. The lowest BCUT2D eigenvalue weighted by Crippen LogP contribution is -2.42. The van der Waals surface area contributed by atoms with Crippen molar-refractivity contribution in [1.82, 2.24) is 14.1 Å². The van der Waals surface area contributed by atoms with Gasteiger partial charge in [0.05, 0.1) is 11.4 Å². The summed E-state index contributed by atoms with van der Waals surface area (Å²) in [5.41, 5.74) is 4.84. The highest BCUT2D eigenvalue weighted by atomic mass is 32.2. The molecule has 0 saturated heterocycles. The standard InChI is InChI=1S/C18H17FN4O4S/c1-9(14(24)13-15(20)22(2)18(26)23(3)16(13)25)28-17-21-8-12(27-17)10-4-6-11(19)7-5-10/h4-9H,20H2,1-3H3/t9-/m0/s1. The van der Waals surface area contributed by atoms with Crippen molar-refractivity contribution in [1.29, 1.82) is 0 Å². The van der Waals surface area contributed by atoms with Gasteiger partial charge in [-0.1, -0.05) is 11.8 Å². The molecule has 3 rings (SSSR count). The number of nitrogens with two attached hydrogens (primary N) is 1. The van der Waals surface area contributed by atoms with Gasteiger partial charge in [-0.05, 0) is 31.2 Å². The monoisotopic (exact) mass is 404 g/mol. The lowest BCUT2D eigenvalue weighted by Gasteiger charge is -2.13. The number of nitrogen functional groups attached to an aromatic ring is 1. The molecule has 1 atom stereocenters. The van der Waals surface area contributed by atoms with Gasteiger partial charge in [0.1, 0.15) is 17.2 Å². The topological polar surface area (TPSA) is 113 Å². The number of ketones is 1. The first-order valence-electron chi connectivity index (χ1n) is 8.18.